The third kappa shape index (κ3) is 5.81. The Morgan fingerprint density at radius 3 is 2.54 bits per heavy atom. The molecule has 26 heavy (non-hydrogen) atoms. The molecule has 0 spiro atoms. The first-order chi connectivity index (χ1) is 12.5. The second-order valence-electron chi connectivity index (χ2n) is 5.93. The molecule has 0 saturated heterocycles. The minimum atomic E-state index is -0.241. The number of nitrogen functional groups attached to an aromatic ring is 1. The van der Waals surface area contributed by atoms with E-state index in [1.165, 1.54) is 7.11 Å². The number of carbonyl (C=O) groups excluding carboxylic acids is 2. The van der Waals surface area contributed by atoms with Crippen molar-refractivity contribution in [3.05, 3.63) is 59.2 Å². The summed E-state index contributed by atoms with van der Waals surface area (Å²) in [7, 11) is 1.37. The van der Waals surface area contributed by atoms with Crippen LogP contribution in [0.1, 0.15) is 34.3 Å². The number of nitrogens with two attached hydrogens (primary N) is 1. The van der Waals surface area contributed by atoms with Gasteiger partial charge in [-0.2, -0.15) is 0 Å². The summed E-state index contributed by atoms with van der Waals surface area (Å²) in [5.41, 5.74) is 8.73. The van der Waals surface area contributed by atoms with Gasteiger partial charge in [-0.05, 0) is 48.7 Å². The largest absolute Gasteiger partial charge is 0.494 e. The van der Waals surface area contributed by atoms with Gasteiger partial charge in [-0.15, -0.1) is 0 Å². The van der Waals surface area contributed by atoms with E-state index in [2.05, 4.69) is 10.1 Å². The van der Waals surface area contributed by atoms with Gasteiger partial charge in [-0.3, -0.25) is 9.59 Å². The van der Waals surface area contributed by atoms with Gasteiger partial charge in [0, 0.05) is 24.2 Å². The predicted octanol–water partition coefficient (Wildman–Crippen LogP) is 2.84. The van der Waals surface area contributed by atoms with Crippen molar-refractivity contribution < 1.29 is 19.1 Å². The topological polar surface area (TPSA) is 90.6 Å². The zero-order valence-electron chi connectivity index (χ0n) is 15.1. The molecule has 0 radical (unpaired) electrons. The second kappa shape index (κ2) is 9.46. The number of benzene rings is 2. The number of carbonyl (C=O) groups is 2. The van der Waals surface area contributed by atoms with Gasteiger partial charge in [0.1, 0.15) is 5.75 Å². The first-order valence-electron chi connectivity index (χ1n) is 8.42. The lowest BCUT2D eigenvalue weighted by atomic mass is 10.1. The van der Waals surface area contributed by atoms with Gasteiger partial charge in [-0.25, -0.2) is 0 Å². The van der Waals surface area contributed by atoms with Gasteiger partial charge < -0.3 is 20.5 Å². The van der Waals surface area contributed by atoms with Crippen LogP contribution in [0.4, 0.5) is 5.69 Å². The fraction of sp³-hybridized carbons (Fsp3) is 0.300. The van der Waals surface area contributed by atoms with Crippen molar-refractivity contribution in [3.8, 4) is 5.75 Å². The van der Waals surface area contributed by atoms with Crippen LogP contribution < -0.4 is 15.8 Å². The minimum Gasteiger partial charge on any atom is -0.494 e. The summed E-state index contributed by atoms with van der Waals surface area (Å²) in [4.78, 5) is 23.3. The van der Waals surface area contributed by atoms with Crippen LogP contribution in [0.2, 0.25) is 0 Å². The summed E-state index contributed by atoms with van der Waals surface area (Å²) in [6.07, 6.45) is 0.939. The molecule has 0 aromatic heterocycles. The van der Waals surface area contributed by atoms with Gasteiger partial charge in [0.05, 0.1) is 13.7 Å². The Bertz CT molecular complexity index is 757. The lowest BCUT2D eigenvalue weighted by molar-refractivity contribution is -0.140. The molecule has 2 aromatic carbocycles. The summed E-state index contributed by atoms with van der Waals surface area (Å²) >= 11 is 0. The Labute approximate surface area is 153 Å². The molecule has 0 aliphatic heterocycles. The summed E-state index contributed by atoms with van der Waals surface area (Å²) in [5, 5.41) is 2.89. The molecule has 3 N–H and O–H groups in total. The quantitative estimate of drug-likeness (QED) is 0.431. The highest BCUT2D eigenvalue weighted by atomic mass is 16.5. The fourth-order valence-electron chi connectivity index (χ4n) is 2.37. The van der Waals surface area contributed by atoms with E-state index in [4.69, 9.17) is 10.5 Å². The first kappa shape index (κ1) is 19.3. The SMILES string of the molecule is COC(=O)CCCOc1ccc(CNC(=O)c2cc(N)ccc2C)cc1. The Morgan fingerprint density at radius 1 is 1.12 bits per heavy atom. The number of rotatable bonds is 8. The number of amides is 1. The Kier molecular flexibility index (Phi) is 7.02. The molecule has 0 saturated carbocycles. The first-order valence-corrected chi connectivity index (χ1v) is 8.42. The van der Waals surface area contributed by atoms with E-state index in [-0.39, 0.29) is 11.9 Å². The van der Waals surface area contributed by atoms with Crippen molar-refractivity contribution in [2.75, 3.05) is 19.5 Å². The van der Waals surface area contributed by atoms with Crippen LogP contribution >= 0.6 is 0 Å². The molecular formula is C20H24N2O4. The van der Waals surface area contributed by atoms with Crippen LogP contribution in [0.15, 0.2) is 42.5 Å². The van der Waals surface area contributed by atoms with Crippen molar-refractivity contribution in [2.45, 2.75) is 26.3 Å². The summed E-state index contributed by atoms with van der Waals surface area (Å²) in [6, 6.07) is 12.7. The van der Waals surface area contributed by atoms with Crippen LogP contribution in [0, 0.1) is 6.92 Å². The lowest BCUT2D eigenvalue weighted by Crippen LogP contribution is -2.23. The number of esters is 1. The van der Waals surface area contributed by atoms with Crippen LogP contribution in [0.25, 0.3) is 0 Å². The molecular weight excluding hydrogens is 332 g/mol. The number of ether oxygens (including phenoxy) is 2. The summed E-state index contributed by atoms with van der Waals surface area (Å²) < 4.78 is 10.1. The van der Waals surface area contributed by atoms with Crippen molar-refractivity contribution in [1.29, 1.82) is 0 Å². The van der Waals surface area contributed by atoms with E-state index in [9.17, 15) is 9.59 Å². The average Bonchev–Trinajstić information content (AvgIpc) is 2.65. The maximum atomic E-state index is 12.3. The van der Waals surface area contributed by atoms with E-state index in [1.54, 1.807) is 12.1 Å². The molecule has 0 bridgehead atoms. The Hall–Kier alpha value is -3.02. The molecule has 0 fully saturated rings. The molecule has 2 aromatic rings. The number of methoxy groups -OCH3 is 1. The van der Waals surface area contributed by atoms with Crippen LogP contribution in [0.3, 0.4) is 0 Å². The van der Waals surface area contributed by atoms with Crippen molar-refractivity contribution in [1.82, 2.24) is 5.32 Å². The van der Waals surface area contributed by atoms with Crippen molar-refractivity contribution >= 4 is 17.6 Å². The molecule has 0 heterocycles. The molecule has 0 atom stereocenters. The van der Waals surface area contributed by atoms with Crippen LogP contribution in [0.5, 0.6) is 5.75 Å². The van der Waals surface area contributed by atoms with Gasteiger partial charge in [0.15, 0.2) is 0 Å². The molecule has 1 amide bonds. The summed E-state index contributed by atoms with van der Waals surface area (Å²) in [5.74, 6) is 0.324. The summed E-state index contributed by atoms with van der Waals surface area (Å²) in [6.45, 7) is 2.73. The fourth-order valence-corrected chi connectivity index (χ4v) is 2.37. The van der Waals surface area contributed by atoms with Gasteiger partial charge in [-0.1, -0.05) is 18.2 Å². The van der Waals surface area contributed by atoms with Crippen LogP contribution in [-0.2, 0) is 16.1 Å². The maximum absolute atomic E-state index is 12.3. The number of anilines is 1. The molecule has 6 heteroatoms. The number of hydrogen-bond acceptors (Lipinski definition) is 5. The maximum Gasteiger partial charge on any atom is 0.305 e. The number of nitrogens with one attached hydrogen (secondary N) is 1. The van der Waals surface area contributed by atoms with E-state index in [1.807, 2.05) is 37.3 Å². The normalized spacial score (nSPS) is 10.2. The van der Waals surface area contributed by atoms with Gasteiger partial charge in [0.2, 0.25) is 0 Å². The third-order valence-corrected chi connectivity index (χ3v) is 3.90. The van der Waals surface area contributed by atoms with E-state index in [0.29, 0.717) is 37.2 Å². The number of aryl methyl sites for hydroxylation is 1. The van der Waals surface area contributed by atoms with E-state index >= 15 is 0 Å². The Balaban J connectivity index is 1.81. The lowest BCUT2D eigenvalue weighted by Gasteiger charge is -2.10. The molecule has 138 valence electrons. The van der Waals surface area contributed by atoms with E-state index in [0.717, 1.165) is 16.9 Å². The molecule has 0 aliphatic rings. The predicted molar refractivity (Wildman–Crippen MR) is 99.9 cm³/mol. The monoisotopic (exact) mass is 356 g/mol. The van der Waals surface area contributed by atoms with E-state index < -0.39 is 0 Å². The zero-order valence-corrected chi connectivity index (χ0v) is 15.1. The zero-order chi connectivity index (χ0) is 18.9. The molecule has 0 aliphatic carbocycles. The smallest absolute Gasteiger partial charge is 0.305 e. The van der Waals surface area contributed by atoms with Gasteiger partial charge >= 0.3 is 5.97 Å². The highest BCUT2D eigenvalue weighted by Crippen LogP contribution is 2.15. The second-order valence-corrected chi connectivity index (χ2v) is 5.93. The average molecular weight is 356 g/mol. The molecule has 2 rings (SSSR count). The van der Waals surface area contributed by atoms with Crippen molar-refractivity contribution in [3.63, 3.8) is 0 Å². The molecule has 0 unspecified atom stereocenters. The molecule has 6 nitrogen and oxygen atoms in total. The Morgan fingerprint density at radius 2 is 1.85 bits per heavy atom. The van der Waals surface area contributed by atoms with Crippen LogP contribution in [-0.4, -0.2) is 25.6 Å². The van der Waals surface area contributed by atoms with Crippen molar-refractivity contribution in [2.24, 2.45) is 0 Å². The standard InChI is InChI=1S/C20H24N2O4/c1-14-5-8-16(21)12-18(14)20(24)22-13-15-6-9-17(10-7-15)26-11-3-4-19(23)25-2/h5-10,12H,3-4,11,13,21H2,1-2H3,(H,22,24). The number of hydrogen-bond donors (Lipinski definition) is 2. The highest BCUT2D eigenvalue weighted by Gasteiger charge is 2.09. The minimum absolute atomic E-state index is 0.155. The highest BCUT2D eigenvalue weighted by molar-refractivity contribution is 5.96. The third-order valence-electron chi connectivity index (χ3n) is 3.90. The van der Waals surface area contributed by atoms with Gasteiger partial charge in [0.25, 0.3) is 5.91 Å².